The van der Waals surface area contributed by atoms with Gasteiger partial charge in [0.1, 0.15) is 0 Å². The lowest BCUT2D eigenvalue weighted by atomic mass is 9.95. The number of hydrogen-bond acceptors (Lipinski definition) is 4. The van der Waals surface area contributed by atoms with Gasteiger partial charge in [-0.1, -0.05) is 6.92 Å². The second-order valence-electron chi connectivity index (χ2n) is 4.77. The Bertz CT molecular complexity index is 475. The highest BCUT2D eigenvalue weighted by atomic mass is 32.2. The molecule has 6 heteroatoms. The lowest BCUT2D eigenvalue weighted by Crippen LogP contribution is -2.28. The van der Waals surface area contributed by atoms with Gasteiger partial charge in [0.2, 0.25) is 0 Å². The van der Waals surface area contributed by atoms with Crippen LogP contribution in [0.2, 0.25) is 0 Å². The predicted octanol–water partition coefficient (Wildman–Crippen LogP) is 0.785. The van der Waals surface area contributed by atoms with Crippen molar-refractivity contribution in [3.63, 3.8) is 0 Å². The number of imidazole rings is 1. The molecule has 0 amide bonds. The number of aromatic nitrogens is 2. The molecule has 2 rings (SSSR count). The van der Waals surface area contributed by atoms with Crippen molar-refractivity contribution in [3.8, 4) is 0 Å². The first-order chi connectivity index (χ1) is 8.62. The topological polar surface area (TPSA) is 64.0 Å². The van der Waals surface area contributed by atoms with Crippen molar-refractivity contribution in [2.75, 3.05) is 24.6 Å². The van der Waals surface area contributed by atoms with Crippen LogP contribution < -0.4 is 5.32 Å². The van der Waals surface area contributed by atoms with E-state index in [2.05, 4.69) is 10.3 Å². The van der Waals surface area contributed by atoms with E-state index in [1.54, 1.807) is 13.3 Å². The number of nitrogens with zero attached hydrogens (tertiary/aromatic N) is 2. The van der Waals surface area contributed by atoms with Crippen LogP contribution >= 0.6 is 0 Å². The van der Waals surface area contributed by atoms with Crippen LogP contribution in [0.4, 0.5) is 0 Å². The Kier molecular flexibility index (Phi) is 4.40. The van der Waals surface area contributed by atoms with Crippen molar-refractivity contribution in [2.45, 2.75) is 32.2 Å². The van der Waals surface area contributed by atoms with E-state index in [0.29, 0.717) is 12.5 Å². The Morgan fingerprint density at radius 1 is 1.44 bits per heavy atom. The molecular weight excluding hydrogens is 250 g/mol. The van der Waals surface area contributed by atoms with E-state index in [0.717, 1.165) is 25.9 Å². The van der Waals surface area contributed by atoms with E-state index < -0.39 is 9.84 Å². The van der Waals surface area contributed by atoms with E-state index in [-0.39, 0.29) is 11.5 Å². The Balaban J connectivity index is 2.03. The second-order valence-corrected chi connectivity index (χ2v) is 7.25. The molecular formula is C12H21N3O2S. The van der Waals surface area contributed by atoms with Crippen molar-refractivity contribution in [2.24, 2.45) is 0 Å². The minimum atomic E-state index is -2.90. The van der Waals surface area contributed by atoms with Crippen LogP contribution in [0.1, 0.15) is 31.4 Å². The summed E-state index contributed by atoms with van der Waals surface area (Å²) in [5.74, 6) is 0.931. The lowest BCUT2D eigenvalue weighted by molar-refractivity contribution is 0.441. The molecule has 0 spiro atoms. The molecule has 1 fully saturated rings. The molecule has 0 bridgehead atoms. The van der Waals surface area contributed by atoms with Gasteiger partial charge in [0, 0.05) is 30.1 Å². The first kappa shape index (κ1) is 13.5. The third-order valence-corrected chi connectivity index (χ3v) is 5.27. The molecule has 1 aromatic heterocycles. The van der Waals surface area contributed by atoms with Crippen LogP contribution in [0.3, 0.4) is 0 Å². The van der Waals surface area contributed by atoms with Gasteiger partial charge in [-0.15, -0.1) is 0 Å². The summed E-state index contributed by atoms with van der Waals surface area (Å²) in [6.45, 7) is 4.28. The molecule has 1 N–H and O–H groups in total. The van der Waals surface area contributed by atoms with E-state index in [9.17, 15) is 8.42 Å². The summed E-state index contributed by atoms with van der Waals surface area (Å²) in [6.07, 6.45) is 5.84. The molecule has 1 saturated heterocycles. The molecule has 0 aliphatic carbocycles. The van der Waals surface area contributed by atoms with Gasteiger partial charge in [-0.3, -0.25) is 0 Å². The highest BCUT2D eigenvalue weighted by Gasteiger charge is 2.19. The van der Waals surface area contributed by atoms with E-state index in [1.807, 2.05) is 10.8 Å². The molecule has 0 radical (unpaired) electrons. The van der Waals surface area contributed by atoms with Crippen LogP contribution in [0, 0.1) is 0 Å². The maximum Gasteiger partial charge on any atom is 0.151 e. The molecule has 102 valence electrons. The Morgan fingerprint density at radius 3 is 2.83 bits per heavy atom. The minimum absolute atomic E-state index is 0.206. The summed E-state index contributed by atoms with van der Waals surface area (Å²) >= 11 is 0. The summed E-state index contributed by atoms with van der Waals surface area (Å²) in [5.41, 5.74) is 1.18. The van der Waals surface area contributed by atoms with Gasteiger partial charge in [-0.05, 0) is 25.9 Å². The van der Waals surface area contributed by atoms with E-state index >= 15 is 0 Å². The first-order valence-corrected chi connectivity index (χ1v) is 8.35. The molecule has 2 heterocycles. The third kappa shape index (κ3) is 3.32. The van der Waals surface area contributed by atoms with Crippen molar-refractivity contribution >= 4 is 9.84 Å². The van der Waals surface area contributed by atoms with Gasteiger partial charge < -0.3 is 9.88 Å². The second kappa shape index (κ2) is 5.84. The molecule has 0 aromatic carbocycles. The van der Waals surface area contributed by atoms with Gasteiger partial charge in [0.05, 0.1) is 12.1 Å². The highest BCUT2D eigenvalue weighted by Crippen LogP contribution is 2.24. The Hall–Kier alpha value is -0.880. The van der Waals surface area contributed by atoms with Gasteiger partial charge in [0.15, 0.2) is 9.84 Å². The first-order valence-electron chi connectivity index (χ1n) is 6.53. The molecule has 0 saturated carbocycles. The van der Waals surface area contributed by atoms with Gasteiger partial charge in [0.25, 0.3) is 0 Å². The Labute approximate surface area is 109 Å². The molecule has 5 nitrogen and oxygen atoms in total. The zero-order chi connectivity index (χ0) is 13.0. The van der Waals surface area contributed by atoms with Gasteiger partial charge >= 0.3 is 0 Å². The fourth-order valence-corrected chi connectivity index (χ4v) is 3.12. The largest absolute Gasteiger partial charge is 0.333 e. The van der Waals surface area contributed by atoms with E-state index in [4.69, 9.17) is 0 Å². The van der Waals surface area contributed by atoms with Crippen LogP contribution in [0.25, 0.3) is 0 Å². The fraction of sp³-hybridized carbons (Fsp3) is 0.750. The van der Waals surface area contributed by atoms with Crippen LogP contribution in [-0.2, 0) is 16.4 Å². The average molecular weight is 271 g/mol. The zero-order valence-electron chi connectivity index (χ0n) is 10.8. The average Bonchev–Trinajstić information content (AvgIpc) is 2.86. The van der Waals surface area contributed by atoms with Gasteiger partial charge in [-0.25, -0.2) is 13.4 Å². The summed E-state index contributed by atoms with van der Waals surface area (Å²) in [4.78, 5) is 4.17. The predicted molar refractivity (Wildman–Crippen MR) is 71.4 cm³/mol. The highest BCUT2D eigenvalue weighted by molar-refractivity contribution is 7.91. The molecule has 1 aromatic rings. The number of piperidine rings is 1. The lowest BCUT2D eigenvalue weighted by Gasteiger charge is -2.23. The standard InChI is InChI=1S/C12H21N3O2S/c1-2-18(16,17)8-7-15-10-14-9-12(15)11-3-5-13-6-4-11/h9-11,13H,2-8H2,1H3. The van der Waals surface area contributed by atoms with Crippen molar-refractivity contribution in [1.29, 1.82) is 0 Å². The van der Waals surface area contributed by atoms with Crippen molar-refractivity contribution in [1.82, 2.24) is 14.9 Å². The van der Waals surface area contributed by atoms with E-state index in [1.165, 1.54) is 5.69 Å². The number of rotatable bonds is 5. The normalized spacial score (nSPS) is 18.1. The Morgan fingerprint density at radius 2 is 2.17 bits per heavy atom. The fourth-order valence-electron chi connectivity index (χ4n) is 2.36. The number of nitrogens with one attached hydrogen (secondary N) is 1. The SMILES string of the molecule is CCS(=O)(=O)CCn1cncc1C1CCNCC1. The number of aryl methyl sites for hydroxylation is 1. The zero-order valence-corrected chi connectivity index (χ0v) is 11.6. The van der Waals surface area contributed by atoms with Gasteiger partial charge in [-0.2, -0.15) is 0 Å². The molecule has 1 aliphatic heterocycles. The summed E-state index contributed by atoms with van der Waals surface area (Å²) in [7, 11) is -2.90. The smallest absolute Gasteiger partial charge is 0.151 e. The number of sulfone groups is 1. The van der Waals surface area contributed by atoms with Crippen LogP contribution in [-0.4, -0.2) is 42.6 Å². The summed E-state index contributed by atoms with van der Waals surface area (Å²) < 4.78 is 25.1. The third-order valence-electron chi connectivity index (χ3n) is 3.58. The minimum Gasteiger partial charge on any atom is -0.333 e. The van der Waals surface area contributed by atoms with Crippen molar-refractivity contribution in [3.05, 3.63) is 18.2 Å². The maximum absolute atomic E-state index is 11.5. The quantitative estimate of drug-likeness (QED) is 0.860. The summed E-state index contributed by atoms with van der Waals surface area (Å²) in [5, 5.41) is 3.34. The maximum atomic E-state index is 11.5. The van der Waals surface area contributed by atoms with Crippen LogP contribution in [0.5, 0.6) is 0 Å². The summed E-state index contributed by atoms with van der Waals surface area (Å²) in [6, 6.07) is 0. The molecule has 0 atom stereocenters. The van der Waals surface area contributed by atoms with Crippen molar-refractivity contribution < 1.29 is 8.42 Å². The monoisotopic (exact) mass is 271 g/mol. The molecule has 0 unspecified atom stereocenters. The molecule has 1 aliphatic rings. The number of hydrogen-bond donors (Lipinski definition) is 1. The van der Waals surface area contributed by atoms with Crippen LogP contribution in [0.15, 0.2) is 12.5 Å². The molecule has 18 heavy (non-hydrogen) atoms.